The summed E-state index contributed by atoms with van der Waals surface area (Å²) in [7, 11) is 0. The van der Waals surface area contributed by atoms with Crippen LogP contribution in [-0.2, 0) is 20.5 Å². The van der Waals surface area contributed by atoms with E-state index in [1.807, 2.05) is 0 Å². The van der Waals surface area contributed by atoms with E-state index in [9.17, 15) is 37.7 Å². The number of carbonyl (C=O) groups is 3. The first-order valence-electron chi connectivity index (χ1n) is 9.20. The topological polar surface area (TPSA) is 128 Å². The van der Waals surface area contributed by atoms with Gasteiger partial charge in [0.15, 0.2) is 6.10 Å². The Labute approximate surface area is 190 Å². The lowest BCUT2D eigenvalue weighted by Gasteiger charge is -2.16. The first-order valence-corrected chi connectivity index (χ1v) is 9.57. The average molecular weight is 488 g/mol. The number of hydrogen-bond acceptors (Lipinski definition) is 6. The van der Waals surface area contributed by atoms with E-state index in [-0.39, 0.29) is 27.5 Å². The van der Waals surface area contributed by atoms with Gasteiger partial charge in [-0.05, 0) is 44.2 Å². The first kappa shape index (κ1) is 25.6. The van der Waals surface area contributed by atoms with Crippen molar-refractivity contribution in [3.05, 3.63) is 68.2 Å². The molecule has 2 amide bonds. The summed E-state index contributed by atoms with van der Waals surface area (Å²) in [6.07, 6.45) is -6.07. The van der Waals surface area contributed by atoms with E-state index in [1.165, 1.54) is 26.0 Å². The van der Waals surface area contributed by atoms with Gasteiger partial charge in [0, 0.05) is 17.2 Å². The molecule has 0 saturated carbocycles. The van der Waals surface area contributed by atoms with Crippen LogP contribution in [0, 0.1) is 17.0 Å². The monoisotopic (exact) mass is 487 g/mol. The quantitative estimate of drug-likeness (QED) is 0.346. The highest BCUT2D eigenvalue weighted by Crippen LogP contribution is 2.33. The summed E-state index contributed by atoms with van der Waals surface area (Å²) < 4.78 is 43.3. The molecule has 0 aliphatic rings. The molecule has 0 fully saturated rings. The van der Waals surface area contributed by atoms with Gasteiger partial charge < -0.3 is 15.4 Å². The minimum Gasteiger partial charge on any atom is -0.451 e. The van der Waals surface area contributed by atoms with E-state index in [1.54, 1.807) is 0 Å². The van der Waals surface area contributed by atoms with E-state index < -0.39 is 47.1 Å². The molecule has 0 saturated heterocycles. The van der Waals surface area contributed by atoms with Gasteiger partial charge in [-0.3, -0.25) is 24.5 Å². The van der Waals surface area contributed by atoms with E-state index in [4.69, 9.17) is 16.3 Å². The Hall–Kier alpha value is -3.67. The number of nitrogens with zero attached hydrogens (tertiary/aromatic N) is 1. The molecule has 0 bridgehead atoms. The summed E-state index contributed by atoms with van der Waals surface area (Å²) in [5.74, 6) is -2.65. The van der Waals surface area contributed by atoms with E-state index in [0.717, 1.165) is 18.2 Å². The largest absolute Gasteiger partial charge is 0.451 e. The Bertz CT molecular complexity index is 1110. The summed E-state index contributed by atoms with van der Waals surface area (Å²) in [6.45, 7) is 1.99. The number of nitro benzene ring substituents is 1. The summed E-state index contributed by atoms with van der Waals surface area (Å²) in [4.78, 5) is 46.4. The van der Waals surface area contributed by atoms with Crippen LogP contribution in [0.5, 0.6) is 0 Å². The van der Waals surface area contributed by atoms with Crippen molar-refractivity contribution in [1.82, 2.24) is 5.32 Å². The predicted octanol–water partition coefficient (Wildman–Crippen LogP) is 3.88. The van der Waals surface area contributed by atoms with Gasteiger partial charge in [-0.2, -0.15) is 13.2 Å². The Morgan fingerprint density at radius 3 is 2.42 bits per heavy atom. The molecule has 2 aromatic rings. The molecule has 0 spiro atoms. The zero-order chi connectivity index (χ0) is 24.9. The number of halogens is 4. The normalized spacial score (nSPS) is 11.9. The number of nitro groups is 1. The molecule has 176 valence electrons. The fourth-order valence-electron chi connectivity index (χ4n) is 2.58. The highest BCUT2D eigenvalue weighted by atomic mass is 35.5. The van der Waals surface area contributed by atoms with Gasteiger partial charge in [0.2, 0.25) is 0 Å². The number of alkyl halides is 3. The minimum absolute atomic E-state index is 0.0656. The molecule has 2 N–H and O–H groups in total. The second kappa shape index (κ2) is 10.3. The third-order valence-electron chi connectivity index (χ3n) is 4.28. The van der Waals surface area contributed by atoms with Crippen LogP contribution >= 0.6 is 11.6 Å². The van der Waals surface area contributed by atoms with Crippen LogP contribution in [0.15, 0.2) is 36.4 Å². The number of anilines is 1. The highest BCUT2D eigenvalue weighted by Gasteiger charge is 2.31. The van der Waals surface area contributed by atoms with Crippen molar-refractivity contribution in [2.75, 3.05) is 11.9 Å². The molecular weight excluding hydrogens is 471 g/mol. The Morgan fingerprint density at radius 1 is 1.18 bits per heavy atom. The number of esters is 1. The van der Waals surface area contributed by atoms with Gasteiger partial charge in [-0.15, -0.1) is 0 Å². The Morgan fingerprint density at radius 2 is 1.85 bits per heavy atom. The molecular formula is C20H17ClF3N3O6. The molecule has 0 heterocycles. The molecule has 0 unspecified atom stereocenters. The van der Waals surface area contributed by atoms with E-state index in [0.29, 0.717) is 6.07 Å². The van der Waals surface area contributed by atoms with Gasteiger partial charge in [-0.25, -0.2) is 0 Å². The Kier molecular flexibility index (Phi) is 7.99. The maximum atomic E-state index is 12.8. The fourth-order valence-corrected chi connectivity index (χ4v) is 2.74. The van der Waals surface area contributed by atoms with Gasteiger partial charge in [0.25, 0.3) is 17.5 Å². The van der Waals surface area contributed by atoms with Crippen LogP contribution in [0.4, 0.5) is 24.5 Å². The van der Waals surface area contributed by atoms with Crippen molar-refractivity contribution < 1.29 is 37.2 Å². The molecule has 0 aromatic heterocycles. The van der Waals surface area contributed by atoms with Crippen LogP contribution in [-0.4, -0.2) is 35.4 Å². The highest BCUT2D eigenvalue weighted by molar-refractivity contribution is 6.33. The number of rotatable bonds is 7. The van der Waals surface area contributed by atoms with E-state index in [2.05, 4.69) is 10.6 Å². The fraction of sp³-hybridized carbons (Fsp3) is 0.250. The van der Waals surface area contributed by atoms with Crippen molar-refractivity contribution >= 4 is 40.8 Å². The smallest absolute Gasteiger partial charge is 0.416 e. The summed E-state index contributed by atoms with van der Waals surface area (Å²) in [5, 5.41) is 15.1. The molecule has 33 heavy (non-hydrogen) atoms. The third kappa shape index (κ3) is 6.91. The number of carbonyl (C=O) groups excluding carboxylic acids is 3. The third-order valence-corrected chi connectivity index (χ3v) is 4.61. The first-order chi connectivity index (χ1) is 15.3. The van der Waals surface area contributed by atoms with Gasteiger partial charge in [0.1, 0.15) is 6.54 Å². The van der Waals surface area contributed by atoms with Crippen LogP contribution in [0.1, 0.15) is 28.4 Å². The SMILES string of the molecule is Cc1cc(C(=O)NCC(=O)O[C@H](C)C(=O)Nc2cc(C(F)(F)F)ccc2Cl)ccc1[N+](=O)[O-]. The van der Waals surface area contributed by atoms with Crippen LogP contribution < -0.4 is 10.6 Å². The van der Waals surface area contributed by atoms with E-state index >= 15 is 0 Å². The van der Waals surface area contributed by atoms with Crippen LogP contribution in [0.25, 0.3) is 0 Å². The predicted molar refractivity (Wildman–Crippen MR) is 111 cm³/mol. The lowest BCUT2D eigenvalue weighted by atomic mass is 10.1. The molecule has 13 heteroatoms. The average Bonchev–Trinajstić information content (AvgIpc) is 2.72. The van der Waals surface area contributed by atoms with Crippen molar-refractivity contribution in [2.24, 2.45) is 0 Å². The lowest BCUT2D eigenvalue weighted by molar-refractivity contribution is -0.385. The number of aryl methyl sites for hydroxylation is 1. The number of benzene rings is 2. The van der Waals surface area contributed by atoms with Gasteiger partial charge >= 0.3 is 12.1 Å². The molecule has 1 atom stereocenters. The molecule has 0 radical (unpaired) electrons. The van der Waals surface area contributed by atoms with Gasteiger partial charge in [-0.1, -0.05) is 11.6 Å². The Balaban J connectivity index is 1.93. The molecule has 2 rings (SSSR count). The maximum absolute atomic E-state index is 12.8. The maximum Gasteiger partial charge on any atom is 0.416 e. The summed E-state index contributed by atoms with van der Waals surface area (Å²) in [6, 6.07) is 5.98. The second-order valence-corrected chi connectivity index (χ2v) is 7.16. The zero-order valence-electron chi connectivity index (χ0n) is 17.2. The van der Waals surface area contributed by atoms with Crippen LogP contribution in [0.3, 0.4) is 0 Å². The number of ether oxygens (including phenoxy) is 1. The molecule has 2 aromatic carbocycles. The lowest BCUT2D eigenvalue weighted by Crippen LogP contribution is -2.36. The zero-order valence-corrected chi connectivity index (χ0v) is 17.9. The van der Waals surface area contributed by atoms with Gasteiger partial charge in [0.05, 0.1) is 21.2 Å². The van der Waals surface area contributed by atoms with Crippen molar-refractivity contribution in [1.29, 1.82) is 0 Å². The molecule has 0 aliphatic heterocycles. The van der Waals surface area contributed by atoms with Crippen LogP contribution in [0.2, 0.25) is 5.02 Å². The number of amides is 2. The molecule has 0 aliphatic carbocycles. The molecule has 9 nitrogen and oxygen atoms in total. The number of nitrogens with one attached hydrogen (secondary N) is 2. The van der Waals surface area contributed by atoms with Crippen molar-refractivity contribution in [3.63, 3.8) is 0 Å². The summed E-state index contributed by atoms with van der Waals surface area (Å²) in [5.41, 5.74) is -1.21. The standard InChI is InChI=1S/C20H17ClF3N3O6/c1-10-7-12(3-6-16(10)27(31)32)19(30)25-9-17(28)33-11(2)18(29)26-15-8-13(20(22,23)24)4-5-14(15)21/h3-8,11H,9H2,1-2H3,(H,25,30)(H,26,29)/t11-/m1/s1. The number of hydrogen-bond donors (Lipinski definition) is 2. The minimum atomic E-state index is -4.65. The van der Waals surface area contributed by atoms with Crippen molar-refractivity contribution in [2.45, 2.75) is 26.1 Å². The van der Waals surface area contributed by atoms with Crippen molar-refractivity contribution in [3.8, 4) is 0 Å². The second-order valence-electron chi connectivity index (χ2n) is 6.75. The summed E-state index contributed by atoms with van der Waals surface area (Å²) >= 11 is 5.81.